The lowest BCUT2D eigenvalue weighted by Gasteiger charge is -2.07. The molecule has 0 saturated heterocycles. The van der Waals surface area contributed by atoms with Crippen molar-refractivity contribution in [3.05, 3.63) is 60.3 Å². The highest BCUT2D eigenvalue weighted by atomic mass is 16.4. The Morgan fingerprint density at radius 3 is 2.82 bits per heavy atom. The van der Waals surface area contributed by atoms with Crippen molar-refractivity contribution < 1.29 is 15.0 Å². The van der Waals surface area contributed by atoms with Crippen LogP contribution in [0.25, 0.3) is 0 Å². The molecule has 0 fully saturated rings. The lowest BCUT2D eigenvalue weighted by molar-refractivity contribution is -0.138. The molecule has 0 saturated carbocycles. The van der Waals surface area contributed by atoms with Crippen LogP contribution in [-0.4, -0.2) is 22.2 Å². The van der Waals surface area contributed by atoms with Gasteiger partial charge >= 0.3 is 5.97 Å². The predicted molar refractivity (Wildman–Crippen MR) is 85.0 cm³/mol. The maximum atomic E-state index is 10.8. The zero-order chi connectivity index (χ0) is 16.5. The van der Waals surface area contributed by atoms with Crippen LogP contribution in [0.3, 0.4) is 0 Å². The van der Waals surface area contributed by atoms with Gasteiger partial charge in [-0.3, -0.25) is 4.79 Å². The van der Waals surface area contributed by atoms with Gasteiger partial charge in [0.05, 0.1) is 5.70 Å². The number of phenolic OH excluding ortho intramolecular Hbond substituents is 1. The van der Waals surface area contributed by atoms with Crippen LogP contribution in [0, 0.1) is 0 Å². The van der Waals surface area contributed by atoms with Crippen molar-refractivity contribution in [2.45, 2.75) is 19.4 Å². The molecule has 116 valence electrons. The molecule has 4 N–H and O–H groups in total. The largest absolute Gasteiger partial charge is 0.506 e. The summed E-state index contributed by atoms with van der Waals surface area (Å²) in [5.41, 5.74) is 7.00. The normalized spacial score (nSPS) is 13.6. The average molecular weight is 301 g/mol. The fraction of sp³-hybridized carbons (Fsp3) is 0.188. The molecule has 0 amide bonds. The second kappa shape index (κ2) is 8.53. The number of aliphatic carboxylic acids is 1. The standard InChI is InChI=1S/C16H19N3O3/c1-3-5-6-12(4-2)18-19-14-10-11(7-8-15(14)20)9-13(17)16(21)22/h3-8,10,13,20H,1,9,17H2,2H3,(H,21,22)/b6-5-,12-4+,19-18?. The quantitative estimate of drug-likeness (QED) is 0.531. The molecule has 0 aliphatic heterocycles. The Balaban J connectivity index is 2.97. The average Bonchev–Trinajstić information content (AvgIpc) is 2.50. The van der Waals surface area contributed by atoms with E-state index in [1.165, 1.54) is 6.07 Å². The number of aromatic hydroxyl groups is 1. The summed E-state index contributed by atoms with van der Waals surface area (Å²) in [5, 5.41) is 26.6. The number of carboxylic acid groups (broad SMARTS) is 1. The minimum Gasteiger partial charge on any atom is -0.506 e. The fourth-order valence-corrected chi connectivity index (χ4v) is 1.58. The minimum atomic E-state index is -1.08. The highest BCUT2D eigenvalue weighted by molar-refractivity contribution is 5.73. The van der Waals surface area contributed by atoms with Crippen LogP contribution < -0.4 is 5.73 Å². The molecule has 1 rings (SSSR count). The molecule has 0 heterocycles. The summed E-state index contributed by atoms with van der Waals surface area (Å²) in [7, 11) is 0. The summed E-state index contributed by atoms with van der Waals surface area (Å²) in [6.07, 6.45) is 6.95. The second-order valence-electron chi connectivity index (χ2n) is 4.48. The van der Waals surface area contributed by atoms with Crippen LogP contribution in [0.2, 0.25) is 0 Å². The van der Waals surface area contributed by atoms with Crippen molar-refractivity contribution in [1.82, 2.24) is 0 Å². The van der Waals surface area contributed by atoms with Crippen LogP contribution in [0.15, 0.2) is 65.0 Å². The van der Waals surface area contributed by atoms with Crippen LogP contribution >= 0.6 is 0 Å². The first-order chi connectivity index (χ1) is 10.5. The number of nitrogens with two attached hydrogens (primary N) is 1. The number of carbonyl (C=O) groups is 1. The van der Waals surface area contributed by atoms with Gasteiger partial charge < -0.3 is 15.9 Å². The van der Waals surface area contributed by atoms with Crippen LogP contribution in [0.5, 0.6) is 5.75 Å². The molecule has 0 aliphatic carbocycles. The molecule has 0 aliphatic rings. The Morgan fingerprint density at radius 1 is 1.50 bits per heavy atom. The SMILES string of the molecule is C=C/C=C\C(=C/C)N=Nc1cc(CC(N)C(=O)O)ccc1O. The number of benzene rings is 1. The highest BCUT2D eigenvalue weighted by Gasteiger charge is 2.13. The second-order valence-corrected chi connectivity index (χ2v) is 4.48. The van der Waals surface area contributed by atoms with E-state index in [1.54, 1.807) is 36.4 Å². The highest BCUT2D eigenvalue weighted by Crippen LogP contribution is 2.28. The molecule has 0 aromatic heterocycles. The number of rotatable bonds is 7. The van der Waals surface area contributed by atoms with Crippen molar-refractivity contribution in [3.8, 4) is 5.75 Å². The van der Waals surface area contributed by atoms with Gasteiger partial charge in [-0.05, 0) is 37.1 Å². The van der Waals surface area contributed by atoms with Crippen LogP contribution in [0.1, 0.15) is 12.5 Å². The van der Waals surface area contributed by atoms with Gasteiger partial charge in [-0.15, -0.1) is 5.11 Å². The summed E-state index contributed by atoms with van der Waals surface area (Å²) in [6, 6.07) is 3.60. The smallest absolute Gasteiger partial charge is 0.320 e. The van der Waals surface area contributed by atoms with E-state index in [1.807, 2.05) is 6.92 Å². The van der Waals surface area contributed by atoms with Gasteiger partial charge in [-0.2, -0.15) is 5.11 Å². The van der Waals surface area contributed by atoms with E-state index in [2.05, 4.69) is 16.8 Å². The third-order valence-electron chi connectivity index (χ3n) is 2.78. The fourth-order valence-electron chi connectivity index (χ4n) is 1.58. The molecule has 6 nitrogen and oxygen atoms in total. The van der Waals surface area contributed by atoms with Gasteiger partial charge in [0.2, 0.25) is 0 Å². The molecule has 0 bridgehead atoms. The van der Waals surface area contributed by atoms with Gasteiger partial charge in [-0.1, -0.05) is 30.9 Å². The lowest BCUT2D eigenvalue weighted by atomic mass is 10.1. The molecule has 22 heavy (non-hydrogen) atoms. The minimum absolute atomic E-state index is 0.0421. The number of phenols is 1. The molecule has 0 spiro atoms. The first-order valence-corrected chi connectivity index (χ1v) is 6.65. The van der Waals surface area contributed by atoms with Crippen molar-refractivity contribution >= 4 is 11.7 Å². The predicted octanol–water partition coefficient (Wildman–Crippen LogP) is 3.08. The third-order valence-corrected chi connectivity index (χ3v) is 2.78. The third kappa shape index (κ3) is 5.34. The summed E-state index contributed by atoms with van der Waals surface area (Å²) in [5.74, 6) is -1.12. The van der Waals surface area contributed by atoms with E-state index in [-0.39, 0.29) is 17.9 Å². The van der Waals surface area contributed by atoms with Crippen LogP contribution in [-0.2, 0) is 11.2 Å². The molecule has 6 heteroatoms. The summed E-state index contributed by atoms with van der Waals surface area (Å²) < 4.78 is 0. The first-order valence-electron chi connectivity index (χ1n) is 6.65. The first kappa shape index (κ1) is 17.3. The maximum Gasteiger partial charge on any atom is 0.320 e. The van der Waals surface area contributed by atoms with E-state index in [9.17, 15) is 9.90 Å². The summed E-state index contributed by atoms with van der Waals surface area (Å²) in [4.78, 5) is 10.8. The zero-order valence-corrected chi connectivity index (χ0v) is 12.3. The number of carboxylic acids is 1. The van der Waals surface area contributed by atoms with Gasteiger partial charge in [0, 0.05) is 0 Å². The topological polar surface area (TPSA) is 108 Å². The number of hydrogen-bond acceptors (Lipinski definition) is 5. The number of azo groups is 1. The van der Waals surface area contributed by atoms with Gasteiger partial charge in [-0.25, -0.2) is 0 Å². The van der Waals surface area contributed by atoms with Crippen molar-refractivity contribution in [3.63, 3.8) is 0 Å². The Morgan fingerprint density at radius 2 is 2.23 bits per heavy atom. The van der Waals surface area contributed by atoms with E-state index in [4.69, 9.17) is 10.8 Å². The lowest BCUT2D eigenvalue weighted by Crippen LogP contribution is -2.32. The molecule has 1 aromatic rings. The number of allylic oxidation sites excluding steroid dienone is 4. The van der Waals surface area contributed by atoms with Gasteiger partial charge in [0.1, 0.15) is 17.5 Å². The molecular formula is C16H19N3O3. The number of nitrogens with zero attached hydrogens (tertiary/aromatic N) is 2. The van der Waals surface area contributed by atoms with E-state index in [0.717, 1.165) is 0 Å². The van der Waals surface area contributed by atoms with Gasteiger partial charge in [0.15, 0.2) is 0 Å². The Kier molecular flexibility index (Phi) is 6.72. The molecule has 1 atom stereocenters. The Bertz CT molecular complexity index is 634. The summed E-state index contributed by atoms with van der Waals surface area (Å²) in [6.45, 7) is 5.38. The molecule has 0 radical (unpaired) electrons. The van der Waals surface area contributed by atoms with E-state index in [0.29, 0.717) is 11.3 Å². The van der Waals surface area contributed by atoms with E-state index < -0.39 is 12.0 Å². The number of hydrogen-bond donors (Lipinski definition) is 3. The molecule has 1 unspecified atom stereocenters. The van der Waals surface area contributed by atoms with Gasteiger partial charge in [0.25, 0.3) is 0 Å². The van der Waals surface area contributed by atoms with Crippen molar-refractivity contribution in [1.29, 1.82) is 0 Å². The summed E-state index contributed by atoms with van der Waals surface area (Å²) >= 11 is 0. The van der Waals surface area contributed by atoms with Crippen molar-refractivity contribution in [2.24, 2.45) is 16.0 Å². The molecular weight excluding hydrogens is 282 g/mol. The van der Waals surface area contributed by atoms with E-state index >= 15 is 0 Å². The Hall–Kier alpha value is -2.73. The van der Waals surface area contributed by atoms with Crippen LogP contribution in [0.4, 0.5) is 5.69 Å². The Labute approximate surface area is 129 Å². The van der Waals surface area contributed by atoms with Crippen molar-refractivity contribution in [2.75, 3.05) is 0 Å². The molecule has 1 aromatic carbocycles. The zero-order valence-electron chi connectivity index (χ0n) is 12.3. The monoisotopic (exact) mass is 301 g/mol. The maximum absolute atomic E-state index is 10.8.